The van der Waals surface area contributed by atoms with Crippen molar-refractivity contribution in [3.05, 3.63) is 64.2 Å². The number of carbonyl (C=O) groups is 1. The maximum atomic E-state index is 12.3. The van der Waals surface area contributed by atoms with Gasteiger partial charge in [0.25, 0.3) is 0 Å². The number of benzene rings is 2. The van der Waals surface area contributed by atoms with Crippen LogP contribution in [0.15, 0.2) is 36.4 Å². The maximum absolute atomic E-state index is 12.3. The van der Waals surface area contributed by atoms with Crippen LogP contribution in [-0.4, -0.2) is 5.78 Å². The Morgan fingerprint density at radius 3 is 2.45 bits per heavy atom. The Morgan fingerprint density at radius 2 is 1.70 bits per heavy atom. The van der Waals surface area contributed by atoms with Gasteiger partial charge in [-0.05, 0) is 44.0 Å². The van der Waals surface area contributed by atoms with E-state index in [0.29, 0.717) is 17.7 Å². The molecule has 0 aliphatic carbocycles. The molecule has 2 nitrogen and oxygen atoms in total. The van der Waals surface area contributed by atoms with Gasteiger partial charge in [-0.1, -0.05) is 35.4 Å². The highest BCUT2D eigenvalue weighted by Crippen LogP contribution is 2.36. The van der Waals surface area contributed by atoms with Gasteiger partial charge in [-0.15, -0.1) is 0 Å². The SMILES string of the molecule is Cc1ccc(C2CC(=O)c3cc(C)ccc3O2)c(C)c1. The van der Waals surface area contributed by atoms with Crippen LogP contribution in [0.4, 0.5) is 0 Å². The van der Waals surface area contributed by atoms with Gasteiger partial charge < -0.3 is 4.74 Å². The van der Waals surface area contributed by atoms with Crippen LogP contribution < -0.4 is 4.74 Å². The highest BCUT2D eigenvalue weighted by molar-refractivity contribution is 6.00. The Morgan fingerprint density at radius 1 is 1.00 bits per heavy atom. The standard InChI is InChI=1S/C18H18O2/c1-11-4-6-14(13(3)8-11)18-10-16(19)15-9-12(2)5-7-17(15)20-18/h4-9,18H,10H2,1-3H3. The van der Waals surface area contributed by atoms with Crippen LogP contribution in [0.5, 0.6) is 5.75 Å². The van der Waals surface area contributed by atoms with E-state index in [1.54, 1.807) is 0 Å². The van der Waals surface area contributed by atoms with E-state index in [1.807, 2.05) is 25.1 Å². The first-order valence-electron chi connectivity index (χ1n) is 6.92. The van der Waals surface area contributed by atoms with E-state index >= 15 is 0 Å². The molecule has 0 fully saturated rings. The summed E-state index contributed by atoms with van der Waals surface area (Å²) in [5, 5.41) is 0. The average Bonchev–Trinajstić information content (AvgIpc) is 2.39. The van der Waals surface area contributed by atoms with Gasteiger partial charge in [0.2, 0.25) is 0 Å². The monoisotopic (exact) mass is 266 g/mol. The van der Waals surface area contributed by atoms with Gasteiger partial charge in [0.15, 0.2) is 5.78 Å². The molecule has 0 saturated carbocycles. The van der Waals surface area contributed by atoms with Crippen molar-refractivity contribution in [2.24, 2.45) is 0 Å². The second-order valence-electron chi connectivity index (χ2n) is 5.59. The van der Waals surface area contributed by atoms with Gasteiger partial charge in [-0.2, -0.15) is 0 Å². The molecule has 0 N–H and O–H groups in total. The summed E-state index contributed by atoms with van der Waals surface area (Å²) in [6, 6.07) is 12.1. The summed E-state index contributed by atoms with van der Waals surface area (Å²) >= 11 is 0. The molecule has 0 saturated heterocycles. The summed E-state index contributed by atoms with van der Waals surface area (Å²) in [6.45, 7) is 6.13. The molecule has 0 amide bonds. The molecule has 0 bridgehead atoms. The molecule has 20 heavy (non-hydrogen) atoms. The molecule has 1 heterocycles. The zero-order chi connectivity index (χ0) is 14.3. The first-order chi connectivity index (χ1) is 9.54. The van der Waals surface area contributed by atoms with Crippen molar-refractivity contribution in [2.45, 2.75) is 33.3 Å². The predicted molar refractivity (Wildman–Crippen MR) is 79.4 cm³/mol. The molecule has 2 aromatic rings. The van der Waals surface area contributed by atoms with Crippen LogP contribution >= 0.6 is 0 Å². The second kappa shape index (κ2) is 4.78. The van der Waals surface area contributed by atoms with Crippen LogP contribution in [0, 0.1) is 20.8 Å². The van der Waals surface area contributed by atoms with E-state index in [4.69, 9.17) is 4.74 Å². The lowest BCUT2D eigenvalue weighted by molar-refractivity contribution is 0.0849. The zero-order valence-electron chi connectivity index (χ0n) is 12.1. The minimum Gasteiger partial charge on any atom is -0.484 e. The zero-order valence-corrected chi connectivity index (χ0v) is 12.1. The topological polar surface area (TPSA) is 26.3 Å². The minimum absolute atomic E-state index is 0.167. The lowest BCUT2D eigenvalue weighted by atomic mass is 9.92. The van der Waals surface area contributed by atoms with Crippen LogP contribution in [0.25, 0.3) is 0 Å². The van der Waals surface area contributed by atoms with Gasteiger partial charge in [-0.25, -0.2) is 0 Å². The smallest absolute Gasteiger partial charge is 0.170 e. The third kappa shape index (κ3) is 2.22. The number of rotatable bonds is 1. The Labute approximate surface area is 119 Å². The first kappa shape index (κ1) is 12.9. The number of aryl methyl sites for hydroxylation is 3. The maximum Gasteiger partial charge on any atom is 0.170 e. The molecule has 1 aliphatic heterocycles. The largest absolute Gasteiger partial charge is 0.484 e. The molecule has 1 unspecified atom stereocenters. The number of hydrogen-bond acceptors (Lipinski definition) is 2. The Bertz CT molecular complexity index is 686. The van der Waals surface area contributed by atoms with Crippen molar-refractivity contribution in [1.82, 2.24) is 0 Å². The fourth-order valence-electron chi connectivity index (χ4n) is 2.80. The van der Waals surface area contributed by atoms with E-state index in [0.717, 1.165) is 11.1 Å². The van der Waals surface area contributed by atoms with E-state index in [1.165, 1.54) is 11.1 Å². The van der Waals surface area contributed by atoms with Crippen LogP contribution in [-0.2, 0) is 0 Å². The van der Waals surface area contributed by atoms with Gasteiger partial charge in [0, 0.05) is 0 Å². The average molecular weight is 266 g/mol. The highest BCUT2D eigenvalue weighted by atomic mass is 16.5. The van der Waals surface area contributed by atoms with Gasteiger partial charge in [0.05, 0.1) is 12.0 Å². The molecule has 1 aliphatic rings. The number of Topliss-reactive ketones (excluding diaryl/α,β-unsaturated/α-hetero) is 1. The quantitative estimate of drug-likeness (QED) is 0.768. The van der Waals surface area contributed by atoms with Gasteiger partial charge >= 0.3 is 0 Å². The fraction of sp³-hybridized carbons (Fsp3) is 0.278. The first-order valence-corrected chi connectivity index (χ1v) is 6.92. The normalized spacial score (nSPS) is 17.6. The van der Waals surface area contributed by atoms with E-state index in [-0.39, 0.29) is 11.9 Å². The van der Waals surface area contributed by atoms with Crippen molar-refractivity contribution >= 4 is 5.78 Å². The molecule has 102 valence electrons. The molecular weight excluding hydrogens is 248 g/mol. The molecular formula is C18H18O2. The summed E-state index contributed by atoms with van der Waals surface area (Å²) in [4.78, 5) is 12.3. The molecule has 0 aromatic heterocycles. The van der Waals surface area contributed by atoms with Crippen molar-refractivity contribution in [1.29, 1.82) is 0 Å². The third-order valence-corrected chi connectivity index (χ3v) is 3.85. The van der Waals surface area contributed by atoms with Crippen LogP contribution in [0.2, 0.25) is 0 Å². The molecule has 1 atom stereocenters. The van der Waals surface area contributed by atoms with E-state index < -0.39 is 0 Å². The molecule has 0 radical (unpaired) electrons. The lowest BCUT2D eigenvalue weighted by Gasteiger charge is -2.27. The minimum atomic E-state index is -0.168. The predicted octanol–water partition coefficient (Wildman–Crippen LogP) is 4.32. The summed E-state index contributed by atoms with van der Waals surface area (Å²) in [5.41, 5.74) is 5.31. The van der Waals surface area contributed by atoms with Crippen LogP contribution in [0.3, 0.4) is 0 Å². The van der Waals surface area contributed by atoms with Crippen molar-refractivity contribution in [3.8, 4) is 5.75 Å². The highest BCUT2D eigenvalue weighted by Gasteiger charge is 2.28. The fourth-order valence-corrected chi connectivity index (χ4v) is 2.80. The van der Waals surface area contributed by atoms with Crippen molar-refractivity contribution < 1.29 is 9.53 Å². The molecule has 2 aromatic carbocycles. The Hall–Kier alpha value is -2.09. The Balaban J connectivity index is 1.99. The Kier molecular flexibility index (Phi) is 3.09. The molecule has 2 heteroatoms. The molecule has 3 rings (SSSR count). The lowest BCUT2D eigenvalue weighted by Crippen LogP contribution is -2.21. The summed E-state index contributed by atoms with van der Waals surface area (Å²) in [5.74, 6) is 0.872. The van der Waals surface area contributed by atoms with E-state index in [9.17, 15) is 4.79 Å². The number of ketones is 1. The number of hydrogen-bond donors (Lipinski definition) is 0. The number of ether oxygens (including phenoxy) is 1. The summed E-state index contributed by atoms with van der Waals surface area (Å²) < 4.78 is 6.04. The van der Waals surface area contributed by atoms with E-state index in [2.05, 4.69) is 32.0 Å². The number of carbonyl (C=O) groups excluding carboxylic acids is 1. The number of fused-ring (bicyclic) bond motifs is 1. The van der Waals surface area contributed by atoms with Crippen LogP contribution in [0.1, 0.15) is 45.1 Å². The summed E-state index contributed by atoms with van der Waals surface area (Å²) in [6.07, 6.45) is 0.249. The molecule has 0 spiro atoms. The van der Waals surface area contributed by atoms with Gasteiger partial charge in [-0.3, -0.25) is 4.79 Å². The van der Waals surface area contributed by atoms with Crippen molar-refractivity contribution in [3.63, 3.8) is 0 Å². The second-order valence-corrected chi connectivity index (χ2v) is 5.59. The summed E-state index contributed by atoms with van der Waals surface area (Å²) in [7, 11) is 0. The van der Waals surface area contributed by atoms with Crippen molar-refractivity contribution in [2.75, 3.05) is 0 Å². The third-order valence-electron chi connectivity index (χ3n) is 3.85. The van der Waals surface area contributed by atoms with Gasteiger partial charge in [0.1, 0.15) is 11.9 Å².